The Hall–Kier alpha value is -5.40. The number of para-hydroxylation sites is 1. The van der Waals surface area contributed by atoms with Crippen molar-refractivity contribution in [1.82, 2.24) is 4.57 Å². The molecule has 7 rings (SSSR count). The number of benzene rings is 5. The first-order chi connectivity index (χ1) is 22.6. The third kappa shape index (κ3) is 6.23. The van der Waals surface area contributed by atoms with Crippen molar-refractivity contribution in [2.75, 3.05) is 0 Å². The van der Waals surface area contributed by atoms with E-state index in [0.29, 0.717) is 0 Å². The molecule has 0 N–H and O–H groups in total. The molecule has 0 saturated carbocycles. The van der Waals surface area contributed by atoms with E-state index in [9.17, 15) is 0 Å². The summed E-state index contributed by atoms with van der Waals surface area (Å²) in [5.41, 5.74) is 12.6. The van der Waals surface area contributed by atoms with Gasteiger partial charge in [0.05, 0.1) is 5.52 Å². The number of allylic oxidation sites excluding steroid dienone is 4. The molecule has 0 spiro atoms. The Morgan fingerprint density at radius 2 is 1.15 bits per heavy atom. The first kappa shape index (κ1) is 29.3. The Labute approximate surface area is 273 Å². The lowest BCUT2D eigenvalue weighted by Gasteiger charge is -2.28. The van der Waals surface area contributed by atoms with E-state index in [1.54, 1.807) is 0 Å². The molecular weight excluding hydrogens is 555 g/mol. The predicted octanol–water partition coefficient (Wildman–Crippen LogP) is 11.8. The normalized spacial score (nSPS) is 15.7. The molecule has 224 valence electrons. The number of aryl methyl sites for hydroxylation is 1. The van der Waals surface area contributed by atoms with Crippen molar-refractivity contribution in [3.05, 3.63) is 198 Å². The van der Waals surface area contributed by atoms with Gasteiger partial charge in [-0.2, -0.15) is 0 Å². The fourth-order valence-corrected chi connectivity index (χ4v) is 6.51. The molecule has 1 nitrogen and oxygen atoms in total. The molecule has 1 aliphatic carbocycles. The number of rotatable bonds is 6. The van der Waals surface area contributed by atoms with Crippen molar-refractivity contribution in [1.29, 1.82) is 0 Å². The highest BCUT2D eigenvalue weighted by Crippen LogP contribution is 2.34. The number of fused-ring (bicyclic) bond motifs is 1. The molecule has 1 aromatic heterocycles. The lowest BCUT2D eigenvalue weighted by molar-refractivity contribution is 0.595. The second-order valence-electron chi connectivity index (χ2n) is 12.5. The summed E-state index contributed by atoms with van der Waals surface area (Å²) in [6.45, 7) is 4.49. The summed E-state index contributed by atoms with van der Waals surface area (Å²) < 4.78 is 2.33. The number of nitrogens with zero attached hydrogens (tertiary/aromatic N) is 1. The summed E-state index contributed by atoms with van der Waals surface area (Å²) in [6, 6.07) is 56.9. The molecule has 0 fully saturated rings. The summed E-state index contributed by atoms with van der Waals surface area (Å²) in [5, 5.41) is 1.19. The average Bonchev–Trinajstić information content (AvgIpc) is 3.19. The van der Waals surface area contributed by atoms with Gasteiger partial charge in [-0.1, -0.05) is 153 Å². The highest BCUT2D eigenvalue weighted by atomic mass is 15.0. The van der Waals surface area contributed by atoms with Crippen LogP contribution >= 0.6 is 0 Å². The monoisotopic (exact) mass is 593 g/mol. The third-order valence-electron chi connectivity index (χ3n) is 9.27. The van der Waals surface area contributed by atoms with Crippen molar-refractivity contribution < 1.29 is 0 Å². The van der Waals surface area contributed by atoms with Crippen LogP contribution in [0.4, 0.5) is 0 Å². The van der Waals surface area contributed by atoms with E-state index in [4.69, 9.17) is 0 Å². The van der Waals surface area contributed by atoms with Crippen LogP contribution in [0.25, 0.3) is 38.8 Å². The van der Waals surface area contributed by atoms with Crippen LogP contribution in [0, 0.1) is 6.92 Å². The molecule has 1 heterocycles. The van der Waals surface area contributed by atoms with Gasteiger partial charge in [-0.25, -0.2) is 0 Å². The second-order valence-corrected chi connectivity index (χ2v) is 12.5. The Kier molecular flexibility index (Phi) is 8.23. The van der Waals surface area contributed by atoms with Gasteiger partial charge in [-0.05, 0) is 94.4 Å². The summed E-state index contributed by atoms with van der Waals surface area (Å²) in [4.78, 5) is 0. The fourth-order valence-electron chi connectivity index (χ4n) is 6.51. The molecule has 1 unspecified atom stereocenters. The molecule has 0 amide bonds. The van der Waals surface area contributed by atoms with Crippen LogP contribution in [0.3, 0.4) is 0 Å². The Morgan fingerprint density at radius 1 is 0.587 bits per heavy atom. The van der Waals surface area contributed by atoms with Gasteiger partial charge < -0.3 is 4.57 Å². The summed E-state index contributed by atoms with van der Waals surface area (Å²) in [7, 11) is 0. The van der Waals surface area contributed by atoms with Crippen LogP contribution in [0.15, 0.2) is 182 Å². The lowest BCUT2D eigenvalue weighted by Crippen LogP contribution is -2.20. The highest BCUT2D eigenvalue weighted by Gasteiger charge is 2.24. The minimum Gasteiger partial charge on any atom is -0.314 e. The van der Waals surface area contributed by atoms with Gasteiger partial charge in [0.1, 0.15) is 0 Å². The van der Waals surface area contributed by atoms with Crippen molar-refractivity contribution in [2.24, 2.45) is 0 Å². The van der Waals surface area contributed by atoms with E-state index in [1.165, 1.54) is 55.6 Å². The van der Waals surface area contributed by atoms with Crippen LogP contribution in [0.2, 0.25) is 0 Å². The van der Waals surface area contributed by atoms with Gasteiger partial charge >= 0.3 is 0 Å². The first-order valence-electron chi connectivity index (χ1n) is 16.2. The molecule has 46 heavy (non-hydrogen) atoms. The van der Waals surface area contributed by atoms with Crippen LogP contribution in [-0.4, -0.2) is 4.57 Å². The number of hydrogen-bond acceptors (Lipinski definition) is 0. The number of hydrogen-bond donors (Lipinski definition) is 0. The second kappa shape index (κ2) is 12.9. The highest BCUT2D eigenvalue weighted by molar-refractivity contribution is 5.86. The summed E-state index contributed by atoms with van der Waals surface area (Å²) >= 11 is 0. The zero-order valence-electron chi connectivity index (χ0n) is 26.6. The van der Waals surface area contributed by atoms with Gasteiger partial charge in [-0.15, -0.1) is 0 Å². The van der Waals surface area contributed by atoms with Gasteiger partial charge in [0, 0.05) is 16.8 Å². The van der Waals surface area contributed by atoms with Gasteiger partial charge in [0.15, 0.2) is 0 Å². The maximum atomic E-state index is 2.41. The maximum Gasteiger partial charge on any atom is 0.0531 e. The zero-order valence-corrected chi connectivity index (χ0v) is 26.6. The fraction of sp³-hybridized carbons (Fsp3) is 0.111. The summed E-state index contributed by atoms with van der Waals surface area (Å²) in [5.74, 6) is 0. The minimum absolute atomic E-state index is 0.0743. The lowest BCUT2D eigenvalue weighted by atomic mass is 9.75. The van der Waals surface area contributed by atoms with Crippen molar-refractivity contribution in [3.8, 4) is 27.9 Å². The molecule has 0 saturated heterocycles. The van der Waals surface area contributed by atoms with Gasteiger partial charge in [0.2, 0.25) is 0 Å². The summed E-state index contributed by atoms with van der Waals surface area (Å²) in [6.07, 6.45) is 9.10. The SMILES string of the molecule is Cc1cccccc2cc(-c3ccc(-c4ccc(CC5=CCC(C)(c6ccccc6)C=C5)cc4)cc3)ccc2n1-c1ccccc1. The van der Waals surface area contributed by atoms with E-state index in [-0.39, 0.29) is 5.41 Å². The minimum atomic E-state index is 0.0743. The smallest absolute Gasteiger partial charge is 0.0531 e. The van der Waals surface area contributed by atoms with Crippen molar-refractivity contribution >= 4 is 10.9 Å². The zero-order chi connectivity index (χ0) is 31.3. The van der Waals surface area contributed by atoms with E-state index < -0.39 is 0 Å². The molecule has 0 aliphatic heterocycles. The first-order valence-corrected chi connectivity index (χ1v) is 16.2. The van der Waals surface area contributed by atoms with Crippen LogP contribution in [0.5, 0.6) is 0 Å². The van der Waals surface area contributed by atoms with E-state index in [2.05, 4.69) is 194 Å². The third-order valence-corrected chi connectivity index (χ3v) is 9.27. The molecule has 5 aromatic carbocycles. The standard InChI is InChI=1S/C45H39N/c1-34-12-6-3-7-13-41-33-40(26-27-44(41)46(34)43-16-10-5-11-17-43)39-24-22-38(23-25-39)37-20-18-35(19-21-37)32-36-28-30-45(2,31-29-36)42-14-8-4-9-15-42/h3-30,33H,31-32H2,1-2H3. The molecule has 1 atom stereocenters. The van der Waals surface area contributed by atoms with Crippen molar-refractivity contribution in [2.45, 2.75) is 32.1 Å². The van der Waals surface area contributed by atoms with E-state index in [0.717, 1.165) is 18.5 Å². The largest absolute Gasteiger partial charge is 0.314 e. The predicted molar refractivity (Wildman–Crippen MR) is 196 cm³/mol. The molecular formula is C45H39N. The molecule has 1 aliphatic rings. The van der Waals surface area contributed by atoms with E-state index >= 15 is 0 Å². The topological polar surface area (TPSA) is 4.93 Å². The van der Waals surface area contributed by atoms with Crippen LogP contribution < -0.4 is 0 Å². The Bertz CT molecular complexity index is 2080. The van der Waals surface area contributed by atoms with Crippen molar-refractivity contribution in [3.63, 3.8) is 0 Å². The average molecular weight is 594 g/mol. The Balaban J connectivity index is 1.10. The van der Waals surface area contributed by atoms with E-state index in [1.807, 2.05) is 0 Å². The molecule has 0 bridgehead atoms. The quantitative estimate of drug-likeness (QED) is 0.181. The maximum absolute atomic E-state index is 2.41. The molecule has 0 radical (unpaired) electrons. The Morgan fingerprint density at radius 3 is 1.80 bits per heavy atom. The molecule has 1 heteroatoms. The van der Waals surface area contributed by atoms with Gasteiger partial charge in [0.25, 0.3) is 0 Å². The van der Waals surface area contributed by atoms with Crippen LogP contribution in [-0.2, 0) is 11.8 Å². The van der Waals surface area contributed by atoms with Gasteiger partial charge in [-0.3, -0.25) is 0 Å². The van der Waals surface area contributed by atoms with Crippen LogP contribution in [0.1, 0.15) is 30.2 Å². The number of aromatic nitrogens is 1. The molecule has 6 aromatic rings.